The van der Waals surface area contributed by atoms with E-state index in [0.717, 1.165) is 17.5 Å². The van der Waals surface area contributed by atoms with E-state index in [1.165, 1.54) is 5.56 Å². The first-order valence-electron chi connectivity index (χ1n) is 7.25. The van der Waals surface area contributed by atoms with E-state index in [1.54, 1.807) is 11.9 Å². The Hall–Kier alpha value is -1.84. The van der Waals surface area contributed by atoms with Gasteiger partial charge in [0.2, 0.25) is 5.91 Å². The molecule has 118 valence electrons. The molecule has 3 nitrogen and oxygen atoms in total. The Balaban J connectivity index is 0.00000242. The maximum atomic E-state index is 12.4. The number of nitrogens with two attached hydrogens (primary N) is 1. The Labute approximate surface area is 138 Å². The van der Waals surface area contributed by atoms with E-state index < -0.39 is 6.04 Å². The Morgan fingerprint density at radius 1 is 1.05 bits per heavy atom. The lowest BCUT2D eigenvalue weighted by Crippen LogP contribution is -2.35. The average molecular weight is 319 g/mol. The molecule has 0 aromatic heterocycles. The van der Waals surface area contributed by atoms with E-state index in [4.69, 9.17) is 5.73 Å². The number of carbonyl (C=O) groups is 1. The Bertz CT molecular complexity index is 584. The quantitative estimate of drug-likeness (QED) is 0.919. The van der Waals surface area contributed by atoms with Crippen molar-refractivity contribution >= 4 is 18.3 Å². The molecule has 0 aliphatic heterocycles. The van der Waals surface area contributed by atoms with Crippen LogP contribution in [0.15, 0.2) is 54.6 Å². The minimum Gasteiger partial charge on any atom is -0.340 e. The maximum Gasteiger partial charge on any atom is 0.244 e. The number of halogens is 1. The summed E-state index contributed by atoms with van der Waals surface area (Å²) in [5, 5.41) is 0. The largest absolute Gasteiger partial charge is 0.340 e. The van der Waals surface area contributed by atoms with Crippen LogP contribution in [0.4, 0.5) is 0 Å². The molecule has 1 amide bonds. The smallest absolute Gasteiger partial charge is 0.244 e. The van der Waals surface area contributed by atoms with Gasteiger partial charge in [-0.3, -0.25) is 4.79 Å². The molecule has 0 radical (unpaired) electrons. The molecule has 0 saturated carbocycles. The second kappa shape index (κ2) is 8.57. The molecule has 0 spiro atoms. The van der Waals surface area contributed by atoms with Crippen molar-refractivity contribution in [2.45, 2.75) is 25.9 Å². The average Bonchev–Trinajstić information content (AvgIpc) is 2.55. The number of carbonyl (C=O) groups excluding carboxylic acids is 1. The number of rotatable bonds is 5. The number of aryl methyl sites for hydroxylation is 1. The zero-order valence-corrected chi connectivity index (χ0v) is 13.8. The van der Waals surface area contributed by atoms with Gasteiger partial charge < -0.3 is 10.6 Å². The van der Waals surface area contributed by atoms with Crippen LogP contribution >= 0.6 is 12.4 Å². The van der Waals surface area contributed by atoms with Crippen molar-refractivity contribution in [3.8, 4) is 0 Å². The van der Waals surface area contributed by atoms with Gasteiger partial charge in [0, 0.05) is 13.6 Å². The molecule has 22 heavy (non-hydrogen) atoms. The number of likely N-dealkylation sites (N-methyl/N-ethyl adjacent to an activating group) is 1. The molecule has 0 bridgehead atoms. The topological polar surface area (TPSA) is 46.3 Å². The molecule has 1 atom stereocenters. The van der Waals surface area contributed by atoms with Crippen LogP contribution in [0.25, 0.3) is 0 Å². The highest BCUT2D eigenvalue weighted by Gasteiger charge is 2.19. The van der Waals surface area contributed by atoms with Gasteiger partial charge in [-0.05, 0) is 23.1 Å². The van der Waals surface area contributed by atoms with Crippen molar-refractivity contribution in [3.05, 3.63) is 71.3 Å². The predicted octanol–water partition coefficient (Wildman–Crippen LogP) is 3.33. The van der Waals surface area contributed by atoms with Crippen molar-refractivity contribution in [3.63, 3.8) is 0 Å². The normalized spacial score (nSPS) is 11.4. The summed E-state index contributed by atoms with van der Waals surface area (Å²) >= 11 is 0. The lowest BCUT2D eigenvalue weighted by Gasteiger charge is -2.21. The Morgan fingerprint density at radius 2 is 1.59 bits per heavy atom. The first kappa shape index (κ1) is 18.2. The fraction of sp³-hybridized carbons (Fsp3) is 0.278. The van der Waals surface area contributed by atoms with Gasteiger partial charge in [-0.2, -0.15) is 0 Å². The molecule has 2 N–H and O–H groups in total. The van der Waals surface area contributed by atoms with Crippen LogP contribution < -0.4 is 5.73 Å². The van der Waals surface area contributed by atoms with Gasteiger partial charge in [0.15, 0.2) is 0 Å². The van der Waals surface area contributed by atoms with Gasteiger partial charge in [-0.25, -0.2) is 0 Å². The van der Waals surface area contributed by atoms with Crippen molar-refractivity contribution in [1.82, 2.24) is 4.90 Å². The van der Waals surface area contributed by atoms with Crippen molar-refractivity contribution in [2.75, 3.05) is 7.05 Å². The number of amides is 1. The van der Waals surface area contributed by atoms with Gasteiger partial charge in [-0.1, -0.05) is 61.5 Å². The molecule has 2 rings (SSSR count). The van der Waals surface area contributed by atoms with Gasteiger partial charge >= 0.3 is 0 Å². The van der Waals surface area contributed by atoms with E-state index in [2.05, 4.69) is 31.2 Å². The van der Waals surface area contributed by atoms with Crippen LogP contribution in [0.1, 0.15) is 29.7 Å². The number of nitrogens with zero attached hydrogens (tertiary/aromatic N) is 1. The second-order valence-corrected chi connectivity index (χ2v) is 5.25. The lowest BCUT2D eigenvalue weighted by atomic mass is 10.1. The summed E-state index contributed by atoms with van der Waals surface area (Å²) in [6.45, 7) is 2.70. The third-order valence-electron chi connectivity index (χ3n) is 3.65. The molecule has 2 aromatic rings. The fourth-order valence-corrected chi connectivity index (χ4v) is 2.27. The monoisotopic (exact) mass is 318 g/mol. The van der Waals surface area contributed by atoms with Gasteiger partial charge in [0.1, 0.15) is 6.04 Å². The van der Waals surface area contributed by atoms with Crippen LogP contribution in [-0.4, -0.2) is 17.9 Å². The van der Waals surface area contributed by atoms with Crippen LogP contribution in [-0.2, 0) is 17.8 Å². The standard InChI is InChI=1S/C18H22N2O.ClH/c1-3-14-9-11-15(12-10-14)13-20(2)18(21)17(19)16-7-5-4-6-8-16;/h4-12,17H,3,13,19H2,1-2H3;1H. The fourth-order valence-electron chi connectivity index (χ4n) is 2.27. The van der Waals surface area contributed by atoms with Crippen molar-refractivity contribution in [1.29, 1.82) is 0 Å². The summed E-state index contributed by atoms with van der Waals surface area (Å²) in [5.41, 5.74) is 9.30. The third kappa shape index (κ3) is 4.58. The molecular formula is C18H23ClN2O. The van der Waals surface area contributed by atoms with Crippen LogP contribution in [0.3, 0.4) is 0 Å². The predicted molar refractivity (Wildman–Crippen MR) is 92.9 cm³/mol. The highest BCUT2D eigenvalue weighted by atomic mass is 35.5. The Morgan fingerprint density at radius 3 is 2.14 bits per heavy atom. The van der Waals surface area contributed by atoms with E-state index in [1.807, 2.05) is 30.3 Å². The van der Waals surface area contributed by atoms with Crippen LogP contribution in [0, 0.1) is 0 Å². The summed E-state index contributed by atoms with van der Waals surface area (Å²) in [6.07, 6.45) is 1.02. The summed E-state index contributed by atoms with van der Waals surface area (Å²) in [5.74, 6) is -0.0687. The van der Waals surface area contributed by atoms with E-state index >= 15 is 0 Å². The molecule has 0 heterocycles. The molecule has 1 unspecified atom stereocenters. The van der Waals surface area contributed by atoms with Crippen LogP contribution in [0.2, 0.25) is 0 Å². The SMILES string of the molecule is CCc1ccc(CN(C)C(=O)C(N)c2ccccc2)cc1.Cl. The minimum absolute atomic E-state index is 0. The van der Waals surface area contributed by atoms with Crippen LogP contribution in [0.5, 0.6) is 0 Å². The minimum atomic E-state index is -0.605. The summed E-state index contributed by atoms with van der Waals surface area (Å²) in [4.78, 5) is 14.1. The van der Waals surface area contributed by atoms with Gasteiger partial charge in [0.25, 0.3) is 0 Å². The number of hydrogen-bond donors (Lipinski definition) is 1. The summed E-state index contributed by atoms with van der Waals surface area (Å²) < 4.78 is 0. The van der Waals surface area contributed by atoms with E-state index in [9.17, 15) is 4.79 Å². The molecule has 0 saturated heterocycles. The number of benzene rings is 2. The first-order chi connectivity index (χ1) is 10.1. The maximum absolute atomic E-state index is 12.4. The molecule has 0 aliphatic carbocycles. The van der Waals surface area contributed by atoms with Crippen molar-refractivity contribution in [2.24, 2.45) is 5.73 Å². The Kier molecular flexibility index (Phi) is 7.09. The molecule has 2 aromatic carbocycles. The zero-order valence-electron chi connectivity index (χ0n) is 13.0. The third-order valence-corrected chi connectivity index (χ3v) is 3.65. The zero-order chi connectivity index (χ0) is 15.2. The summed E-state index contributed by atoms with van der Waals surface area (Å²) in [7, 11) is 1.79. The highest BCUT2D eigenvalue weighted by Crippen LogP contribution is 2.14. The lowest BCUT2D eigenvalue weighted by molar-refractivity contribution is -0.131. The summed E-state index contributed by atoms with van der Waals surface area (Å²) in [6, 6.07) is 17.2. The van der Waals surface area contributed by atoms with Crippen molar-refractivity contribution < 1.29 is 4.79 Å². The molecular weight excluding hydrogens is 296 g/mol. The molecule has 0 fully saturated rings. The van der Waals surface area contributed by atoms with E-state index in [0.29, 0.717) is 6.54 Å². The molecule has 0 aliphatic rings. The van der Waals surface area contributed by atoms with Gasteiger partial charge in [0.05, 0.1) is 0 Å². The van der Waals surface area contributed by atoms with Gasteiger partial charge in [-0.15, -0.1) is 12.4 Å². The highest BCUT2D eigenvalue weighted by molar-refractivity contribution is 5.85. The van der Waals surface area contributed by atoms with E-state index in [-0.39, 0.29) is 18.3 Å². The molecule has 4 heteroatoms. The number of hydrogen-bond acceptors (Lipinski definition) is 2. The first-order valence-corrected chi connectivity index (χ1v) is 7.25. The second-order valence-electron chi connectivity index (χ2n) is 5.25.